The highest BCUT2D eigenvalue weighted by molar-refractivity contribution is 7.90. The number of anilines is 1. The minimum atomic E-state index is -3.55. The van der Waals surface area contributed by atoms with Crippen LogP contribution in [0.25, 0.3) is 0 Å². The summed E-state index contributed by atoms with van der Waals surface area (Å²) in [6, 6.07) is 9.17. The molecule has 132 valence electrons. The van der Waals surface area contributed by atoms with Crippen molar-refractivity contribution in [2.45, 2.75) is 4.90 Å². The molecule has 0 aromatic heterocycles. The number of esters is 1. The van der Waals surface area contributed by atoms with Gasteiger partial charge in [-0.25, -0.2) is 17.6 Å². The molecule has 0 bridgehead atoms. The Hall–Kier alpha value is -2.45. The highest BCUT2D eigenvalue weighted by atomic mass is 35.5. The number of amides is 1. The van der Waals surface area contributed by atoms with Crippen molar-refractivity contribution >= 4 is 39.0 Å². The fraction of sp³-hybridized carbons (Fsp3) is 0.125. The Kier molecular flexibility index (Phi) is 5.76. The van der Waals surface area contributed by atoms with Gasteiger partial charge in [0.15, 0.2) is 16.4 Å². The number of sulfone groups is 1. The molecule has 6 nitrogen and oxygen atoms in total. The number of rotatable bonds is 5. The highest BCUT2D eigenvalue weighted by Crippen LogP contribution is 2.20. The number of halogens is 2. The van der Waals surface area contributed by atoms with Gasteiger partial charge in [0.1, 0.15) is 5.82 Å². The van der Waals surface area contributed by atoms with Crippen molar-refractivity contribution in [3.8, 4) is 0 Å². The molecule has 2 rings (SSSR count). The summed E-state index contributed by atoms with van der Waals surface area (Å²) in [5.74, 6) is -2.68. The van der Waals surface area contributed by atoms with Crippen LogP contribution in [0.15, 0.2) is 47.4 Å². The predicted octanol–water partition coefficient (Wildman–Crippen LogP) is 2.68. The molecule has 0 heterocycles. The summed E-state index contributed by atoms with van der Waals surface area (Å²) in [5, 5.41) is 2.45. The topological polar surface area (TPSA) is 89.5 Å². The Labute approximate surface area is 148 Å². The average molecular weight is 386 g/mol. The summed E-state index contributed by atoms with van der Waals surface area (Å²) in [4.78, 5) is 23.6. The summed E-state index contributed by atoms with van der Waals surface area (Å²) in [5.41, 5.74) is -0.308. The van der Waals surface area contributed by atoms with Gasteiger partial charge in [-0.2, -0.15) is 0 Å². The minimum absolute atomic E-state index is 0.0590. The Bertz CT molecular complexity index is 930. The molecule has 9 heteroatoms. The molecule has 1 amide bonds. The van der Waals surface area contributed by atoms with E-state index < -0.39 is 34.1 Å². The van der Waals surface area contributed by atoms with E-state index in [9.17, 15) is 22.4 Å². The zero-order chi connectivity index (χ0) is 18.6. The second kappa shape index (κ2) is 7.62. The number of hydrogen-bond acceptors (Lipinski definition) is 5. The monoisotopic (exact) mass is 385 g/mol. The number of nitrogens with one attached hydrogen (secondary N) is 1. The molecule has 1 N–H and O–H groups in total. The van der Waals surface area contributed by atoms with Crippen LogP contribution < -0.4 is 5.32 Å². The molecule has 0 saturated carbocycles. The van der Waals surface area contributed by atoms with E-state index in [4.69, 9.17) is 16.3 Å². The second-order valence-electron chi connectivity index (χ2n) is 5.02. The molecular weight excluding hydrogens is 373 g/mol. The standard InChI is InChI=1S/C16H13ClFNO5S/c1-25(22,23)14-5-3-2-4-13(14)19-15(20)9-24-16(21)11-7-6-10(17)8-12(11)18/h2-8H,9H2,1H3,(H,19,20). The van der Waals surface area contributed by atoms with Crippen LogP contribution in [-0.4, -0.2) is 33.2 Å². The Morgan fingerprint density at radius 1 is 1.20 bits per heavy atom. The van der Waals surface area contributed by atoms with Crippen molar-refractivity contribution in [3.05, 3.63) is 58.9 Å². The first kappa shape index (κ1) is 18.9. The lowest BCUT2D eigenvalue weighted by molar-refractivity contribution is -0.119. The van der Waals surface area contributed by atoms with Gasteiger partial charge >= 0.3 is 5.97 Å². The van der Waals surface area contributed by atoms with Gasteiger partial charge in [-0.15, -0.1) is 0 Å². The predicted molar refractivity (Wildman–Crippen MR) is 89.9 cm³/mol. The Morgan fingerprint density at radius 3 is 2.52 bits per heavy atom. The van der Waals surface area contributed by atoms with E-state index in [1.165, 1.54) is 24.3 Å². The maximum atomic E-state index is 13.6. The molecule has 0 atom stereocenters. The molecular formula is C16H13ClFNO5S. The minimum Gasteiger partial charge on any atom is -0.452 e. The van der Waals surface area contributed by atoms with Crippen molar-refractivity contribution < 1.29 is 27.1 Å². The van der Waals surface area contributed by atoms with E-state index in [0.29, 0.717) is 0 Å². The normalized spacial score (nSPS) is 11.0. The van der Waals surface area contributed by atoms with Crippen molar-refractivity contribution in [3.63, 3.8) is 0 Å². The SMILES string of the molecule is CS(=O)(=O)c1ccccc1NC(=O)COC(=O)c1ccc(Cl)cc1F. The number of para-hydroxylation sites is 1. The van der Waals surface area contributed by atoms with Gasteiger partial charge in [0, 0.05) is 11.3 Å². The quantitative estimate of drug-likeness (QED) is 0.799. The molecule has 0 aliphatic carbocycles. The van der Waals surface area contributed by atoms with Gasteiger partial charge in [-0.05, 0) is 30.3 Å². The maximum absolute atomic E-state index is 13.6. The molecule has 0 radical (unpaired) electrons. The number of benzene rings is 2. The molecule has 0 fully saturated rings. The van der Waals surface area contributed by atoms with Crippen LogP contribution in [-0.2, 0) is 19.4 Å². The van der Waals surface area contributed by atoms with E-state index >= 15 is 0 Å². The maximum Gasteiger partial charge on any atom is 0.341 e. The van der Waals surface area contributed by atoms with E-state index in [-0.39, 0.29) is 21.2 Å². The van der Waals surface area contributed by atoms with Crippen LogP contribution in [0.5, 0.6) is 0 Å². The lowest BCUT2D eigenvalue weighted by Crippen LogP contribution is -2.22. The van der Waals surface area contributed by atoms with Crippen molar-refractivity contribution in [2.75, 3.05) is 18.2 Å². The number of hydrogen-bond donors (Lipinski definition) is 1. The summed E-state index contributed by atoms with van der Waals surface area (Å²) in [7, 11) is -3.55. The molecule has 0 unspecified atom stereocenters. The molecule has 2 aromatic carbocycles. The first-order valence-corrected chi connectivity index (χ1v) is 9.16. The van der Waals surface area contributed by atoms with Gasteiger partial charge in [-0.1, -0.05) is 23.7 Å². The van der Waals surface area contributed by atoms with Crippen LogP contribution in [0.3, 0.4) is 0 Å². The van der Waals surface area contributed by atoms with Gasteiger partial charge in [0.2, 0.25) is 0 Å². The highest BCUT2D eigenvalue weighted by Gasteiger charge is 2.17. The lowest BCUT2D eigenvalue weighted by Gasteiger charge is -2.10. The van der Waals surface area contributed by atoms with E-state index in [1.807, 2.05) is 0 Å². The molecule has 0 saturated heterocycles. The van der Waals surface area contributed by atoms with Crippen molar-refractivity contribution in [1.29, 1.82) is 0 Å². The number of carbonyl (C=O) groups excluding carboxylic acids is 2. The average Bonchev–Trinajstić information content (AvgIpc) is 2.52. The van der Waals surface area contributed by atoms with Crippen molar-refractivity contribution in [1.82, 2.24) is 0 Å². The van der Waals surface area contributed by atoms with E-state index in [0.717, 1.165) is 18.4 Å². The fourth-order valence-corrected chi connectivity index (χ4v) is 2.95. The van der Waals surface area contributed by atoms with Crippen LogP contribution >= 0.6 is 11.6 Å². The van der Waals surface area contributed by atoms with Crippen LogP contribution in [0.2, 0.25) is 5.02 Å². The van der Waals surface area contributed by atoms with Crippen LogP contribution in [0, 0.1) is 5.82 Å². The smallest absolute Gasteiger partial charge is 0.341 e. The van der Waals surface area contributed by atoms with Crippen LogP contribution in [0.1, 0.15) is 10.4 Å². The van der Waals surface area contributed by atoms with Gasteiger partial charge in [0.25, 0.3) is 5.91 Å². The first-order valence-electron chi connectivity index (χ1n) is 6.89. The summed E-state index contributed by atoms with van der Waals surface area (Å²) in [6.45, 7) is -0.709. The Morgan fingerprint density at radius 2 is 1.88 bits per heavy atom. The van der Waals surface area contributed by atoms with E-state index in [1.54, 1.807) is 6.07 Å². The summed E-state index contributed by atoms with van der Waals surface area (Å²) >= 11 is 5.59. The molecule has 0 aliphatic rings. The third kappa shape index (κ3) is 5.01. The molecule has 0 spiro atoms. The third-order valence-corrected chi connectivity index (χ3v) is 4.44. The van der Waals surface area contributed by atoms with Crippen LogP contribution in [0.4, 0.5) is 10.1 Å². The van der Waals surface area contributed by atoms with Gasteiger partial charge in [0.05, 0.1) is 16.1 Å². The summed E-state index contributed by atoms with van der Waals surface area (Å²) < 4.78 is 41.7. The molecule has 25 heavy (non-hydrogen) atoms. The van der Waals surface area contributed by atoms with E-state index in [2.05, 4.69) is 5.32 Å². The van der Waals surface area contributed by atoms with Crippen molar-refractivity contribution in [2.24, 2.45) is 0 Å². The summed E-state index contributed by atoms with van der Waals surface area (Å²) in [6.07, 6.45) is 1.00. The second-order valence-corrected chi connectivity index (χ2v) is 7.44. The third-order valence-electron chi connectivity index (χ3n) is 3.05. The fourth-order valence-electron chi connectivity index (χ4n) is 1.94. The first-order chi connectivity index (χ1) is 11.7. The largest absolute Gasteiger partial charge is 0.452 e. The number of ether oxygens (including phenoxy) is 1. The zero-order valence-electron chi connectivity index (χ0n) is 13.0. The Balaban J connectivity index is 2.03. The lowest BCUT2D eigenvalue weighted by atomic mass is 10.2. The molecule has 2 aromatic rings. The molecule has 0 aliphatic heterocycles. The number of carbonyl (C=O) groups is 2. The van der Waals surface area contributed by atoms with Gasteiger partial charge < -0.3 is 10.1 Å². The zero-order valence-corrected chi connectivity index (χ0v) is 14.5. The van der Waals surface area contributed by atoms with Gasteiger partial charge in [-0.3, -0.25) is 4.79 Å².